The van der Waals surface area contributed by atoms with Crippen LogP contribution in [0.1, 0.15) is 17.3 Å². The van der Waals surface area contributed by atoms with E-state index in [4.69, 9.17) is 27.9 Å². The first-order chi connectivity index (χ1) is 10.3. The van der Waals surface area contributed by atoms with E-state index in [9.17, 15) is 19.3 Å². The van der Waals surface area contributed by atoms with E-state index in [0.29, 0.717) is 0 Å². The zero-order valence-corrected chi connectivity index (χ0v) is 12.6. The Morgan fingerprint density at radius 3 is 2.27 bits per heavy atom. The van der Waals surface area contributed by atoms with Gasteiger partial charge in [-0.1, -0.05) is 23.2 Å². The number of nitro benzene ring substituents is 1. The van der Waals surface area contributed by atoms with Crippen molar-refractivity contribution in [3.05, 3.63) is 61.9 Å². The fourth-order valence-electron chi connectivity index (χ4n) is 1.69. The number of benzene rings is 2. The summed E-state index contributed by atoms with van der Waals surface area (Å²) in [4.78, 5) is 21.4. The van der Waals surface area contributed by atoms with Crippen molar-refractivity contribution < 1.29 is 18.8 Å². The van der Waals surface area contributed by atoms with Gasteiger partial charge in [-0.2, -0.15) is 0 Å². The summed E-state index contributed by atoms with van der Waals surface area (Å²) in [6.07, 6.45) is 0. The quantitative estimate of drug-likeness (QED) is 0.443. The number of Topliss-reactive ketones (excluding diaryl/α,β-unsaturated/α-hetero) is 1. The van der Waals surface area contributed by atoms with E-state index < -0.39 is 10.7 Å². The van der Waals surface area contributed by atoms with Gasteiger partial charge in [0.1, 0.15) is 11.6 Å². The van der Waals surface area contributed by atoms with Gasteiger partial charge in [-0.3, -0.25) is 14.9 Å². The van der Waals surface area contributed by atoms with E-state index in [0.717, 1.165) is 24.3 Å². The van der Waals surface area contributed by atoms with Gasteiger partial charge in [0.05, 0.1) is 15.0 Å². The number of rotatable bonds is 4. The Balaban J connectivity index is 2.43. The Morgan fingerprint density at radius 1 is 1.18 bits per heavy atom. The summed E-state index contributed by atoms with van der Waals surface area (Å²) in [5.74, 6) is -1.07. The molecule has 2 aromatic carbocycles. The number of hydrogen-bond acceptors (Lipinski definition) is 4. The lowest BCUT2D eigenvalue weighted by Gasteiger charge is -2.10. The Morgan fingerprint density at radius 2 is 1.77 bits per heavy atom. The Labute approximate surface area is 134 Å². The van der Waals surface area contributed by atoms with Crippen molar-refractivity contribution >= 4 is 34.7 Å². The lowest BCUT2D eigenvalue weighted by molar-refractivity contribution is -0.384. The van der Waals surface area contributed by atoms with Crippen LogP contribution in [0.4, 0.5) is 10.1 Å². The SMILES string of the molecule is CC(=O)c1cc(F)cc(Oc2c(Cl)cc([N+](=O)[O-])cc2Cl)c1. The molecule has 0 N–H and O–H groups in total. The molecule has 0 saturated carbocycles. The van der Waals surface area contributed by atoms with Crippen LogP contribution in [0.3, 0.4) is 0 Å². The molecule has 0 amide bonds. The highest BCUT2D eigenvalue weighted by Gasteiger charge is 2.17. The third-order valence-electron chi connectivity index (χ3n) is 2.69. The predicted molar refractivity (Wildman–Crippen MR) is 79.6 cm³/mol. The Bertz CT molecular complexity index is 756. The molecule has 2 aromatic rings. The molecule has 0 aliphatic carbocycles. The number of nitro groups is 1. The molecule has 0 unspecified atom stereocenters. The van der Waals surface area contributed by atoms with Crippen LogP contribution >= 0.6 is 23.2 Å². The fourth-order valence-corrected chi connectivity index (χ4v) is 2.24. The Kier molecular flexibility index (Phi) is 4.63. The van der Waals surface area contributed by atoms with Crippen molar-refractivity contribution in [2.75, 3.05) is 0 Å². The lowest BCUT2D eigenvalue weighted by atomic mass is 10.1. The van der Waals surface area contributed by atoms with E-state index in [-0.39, 0.29) is 38.6 Å². The average molecular weight is 344 g/mol. The van der Waals surface area contributed by atoms with Crippen molar-refractivity contribution in [1.82, 2.24) is 0 Å². The molecular formula is C14H8Cl2FNO4. The van der Waals surface area contributed by atoms with Gasteiger partial charge >= 0.3 is 0 Å². The zero-order chi connectivity index (χ0) is 16.4. The summed E-state index contributed by atoms with van der Waals surface area (Å²) in [6, 6.07) is 5.55. The van der Waals surface area contributed by atoms with Gasteiger partial charge in [-0.05, 0) is 19.1 Å². The smallest absolute Gasteiger partial charge is 0.272 e. The second-order valence-electron chi connectivity index (χ2n) is 4.33. The van der Waals surface area contributed by atoms with E-state index in [1.165, 1.54) is 13.0 Å². The van der Waals surface area contributed by atoms with Crippen molar-refractivity contribution in [3.8, 4) is 11.5 Å². The summed E-state index contributed by atoms with van der Waals surface area (Å²) >= 11 is 11.8. The Hall–Kier alpha value is -2.18. The zero-order valence-electron chi connectivity index (χ0n) is 11.1. The molecule has 5 nitrogen and oxygen atoms in total. The third kappa shape index (κ3) is 3.52. The molecule has 0 spiro atoms. The number of ketones is 1. The number of ether oxygens (including phenoxy) is 1. The molecule has 0 aromatic heterocycles. The van der Waals surface area contributed by atoms with Gasteiger partial charge in [0.25, 0.3) is 5.69 Å². The molecule has 114 valence electrons. The van der Waals surface area contributed by atoms with Crippen LogP contribution in [0.15, 0.2) is 30.3 Å². The minimum absolute atomic E-state index is 0.00264. The van der Waals surface area contributed by atoms with Crippen molar-refractivity contribution in [2.45, 2.75) is 6.92 Å². The summed E-state index contributed by atoms with van der Waals surface area (Å²) in [6.45, 7) is 1.28. The van der Waals surface area contributed by atoms with Crippen molar-refractivity contribution in [2.24, 2.45) is 0 Å². The molecule has 0 radical (unpaired) electrons. The third-order valence-corrected chi connectivity index (χ3v) is 3.25. The standard InChI is InChI=1S/C14H8Cl2FNO4/c1-7(19)8-2-9(17)4-11(3-8)22-14-12(15)5-10(18(20)21)6-13(14)16/h2-6H,1H3. The predicted octanol–water partition coefficient (Wildman–Crippen LogP) is 5.04. The van der Waals surface area contributed by atoms with E-state index in [2.05, 4.69) is 0 Å². The maximum absolute atomic E-state index is 13.5. The molecule has 0 aliphatic rings. The second-order valence-corrected chi connectivity index (χ2v) is 5.14. The first-order valence-corrected chi connectivity index (χ1v) is 6.66. The second kappa shape index (κ2) is 6.29. The van der Waals surface area contributed by atoms with Gasteiger partial charge < -0.3 is 4.74 Å². The van der Waals surface area contributed by atoms with Gasteiger partial charge in [-0.25, -0.2) is 4.39 Å². The largest absolute Gasteiger partial charge is 0.454 e. The number of hydrogen-bond donors (Lipinski definition) is 0. The van der Waals surface area contributed by atoms with Gasteiger partial charge in [0.2, 0.25) is 0 Å². The molecule has 8 heteroatoms. The van der Waals surface area contributed by atoms with Crippen LogP contribution < -0.4 is 4.74 Å². The normalized spacial score (nSPS) is 10.4. The van der Waals surface area contributed by atoms with Crippen LogP contribution in [0.2, 0.25) is 10.0 Å². The molecular weight excluding hydrogens is 336 g/mol. The highest BCUT2D eigenvalue weighted by molar-refractivity contribution is 6.37. The summed E-state index contributed by atoms with van der Waals surface area (Å²) in [5.41, 5.74) is -0.185. The number of nitrogens with zero attached hydrogens (tertiary/aromatic N) is 1. The number of carbonyl (C=O) groups is 1. The van der Waals surface area contributed by atoms with E-state index in [1.807, 2.05) is 0 Å². The minimum Gasteiger partial charge on any atom is -0.454 e. The van der Waals surface area contributed by atoms with Crippen LogP contribution in [-0.2, 0) is 0 Å². The highest BCUT2D eigenvalue weighted by atomic mass is 35.5. The minimum atomic E-state index is -0.670. The monoisotopic (exact) mass is 343 g/mol. The van der Waals surface area contributed by atoms with Crippen molar-refractivity contribution in [1.29, 1.82) is 0 Å². The summed E-state index contributed by atoms with van der Waals surface area (Å²) < 4.78 is 18.8. The maximum atomic E-state index is 13.5. The molecule has 0 heterocycles. The molecule has 0 atom stereocenters. The van der Waals surface area contributed by atoms with Gasteiger partial charge in [0, 0.05) is 23.8 Å². The summed E-state index contributed by atoms with van der Waals surface area (Å²) in [7, 11) is 0. The topological polar surface area (TPSA) is 69.4 Å². The molecule has 0 aliphatic heterocycles. The van der Waals surface area contributed by atoms with Gasteiger partial charge in [0.15, 0.2) is 11.5 Å². The molecule has 0 bridgehead atoms. The molecule has 0 fully saturated rings. The van der Waals surface area contributed by atoms with Crippen LogP contribution in [0.5, 0.6) is 11.5 Å². The first kappa shape index (κ1) is 16.2. The van der Waals surface area contributed by atoms with Crippen molar-refractivity contribution in [3.63, 3.8) is 0 Å². The number of carbonyl (C=O) groups excluding carboxylic acids is 1. The number of halogens is 3. The fraction of sp³-hybridized carbons (Fsp3) is 0.0714. The van der Waals surface area contributed by atoms with Crippen LogP contribution in [0, 0.1) is 15.9 Å². The van der Waals surface area contributed by atoms with E-state index >= 15 is 0 Å². The molecule has 0 saturated heterocycles. The molecule has 22 heavy (non-hydrogen) atoms. The van der Waals surface area contributed by atoms with Crippen LogP contribution in [-0.4, -0.2) is 10.7 Å². The number of non-ortho nitro benzene ring substituents is 1. The van der Waals surface area contributed by atoms with Crippen LogP contribution in [0.25, 0.3) is 0 Å². The average Bonchev–Trinajstić information content (AvgIpc) is 2.41. The summed E-state index contributed by atoms with van der Waals surface area (Å²) in [5, 5.41) is 10.5. The first-order valence-electron chi connectivity index (χ1n) is 5.90. The highest BCUT2D eigenvalue weighted by Crippen LogP contribution is 2.39. The lowest BCUT2D eigenvalue weighted by Crippen LogP contribution is -1.96. The maximum Gasteiger partial charge on any atom is 0.272 e. The van der Waals surface area contributed by atoms with E-state index in [1.54, 1.807) is 0 Å². The molecule has 2 rings (SSSR count). The van der Waals surface area contributed by atoms with Gasteiger partial charge in [-0.15, -0.1) is 0 Å².